The summed E-state index contributed by atoms with van der Waals surface area (Å²) in [5.74, 6) is 0.750. The van der Waals surface area contributed by atoms with E-state index >= 15 is 0 Å². The first-order valence-electron chi connectivity index (χ1n) is 6.86. The van der Waals surface area contributed by atoms with Crippen molar-refractivity contribution in [3.63, 3.8) is 0 Å². The molecule has 2 aromatic rings. The number of nitrogens with two attached hydrogens (primary N) is 1. The highest BCUT2D eigenvalue weighted by Crippen LogP contribution is 2.19. The van der Waals surface area contributed by atoms with Crippen molar-refractivity contribution in [2.24, 2.45) is 0 Å². The minimum Gasteiger partial charge on any atom is -0.497 e. The van der Waals surface area contributed by atoms with E-state index in [0.717, 1.165) is 16.9 Å². The molecule has 2 aromatic carbocycles. The number of nitrogen functional groups attached to an aromatic ring is 1. The molecule has 4 heteroatoms. The predicted molar refractivity (Wildman–Crippen MR) is 84.1 cm³/mol. The molecule has 3 N–H and O–H groups in total. The van der Waals surface area contributed by atoms with E-state index in [1.807, 2.05) is 49.4 Å². The Morgan fingerprint density at radius 2 is 2.00 bits per heavy atom. The van der Waals surface area contributed by atoms with Gasteiger partial charge in [0.25, 0.3) is 0 Å². The van der Waals surface area contributed by atoms with Crippen LogP contribution in [0.3, 0.4) is 0 Å². The number of carbonyl (C=O) groups is 1. The first kappa shape index (κ1) is 14.9. The maximum absolute atomic E-state index is 12.1. The van der Waals surface area contributed by atoms with Crippen LogP contribution in [0.5, 0.6) is 5.75 Å². The highest BCUT2D eigenvalue weighted by molar-refractivity contribution is 5.79. The number of hydrogen-bond acceptors (Lipinski definition) is 3. The Morgan fingerprint density at radius 1 is 1.24 bits per heavy atom. The molecule has 4 nitrogen and oxygen atoms in total. The molecule has 2 rings (SSSR count). The van der Waals surface area contributed by atoms with Gasteiger partial charge in [0.1, 0.15) is 5.75 Å². The maximum Gasteiger partial charge on any atom is 0.224 e. The van der Waals surface area contributed by atoms with Gasteiger partial charge in [-0.05, 0) is 42.3 Å². The van der Waals surface area contributed by atoms with Crippen molar-refractivity contribution < 1.29 is 9.53 Å². The molecule has 1 atom stereocenters. The fourth-order valence-corrected chi connectivity index (χ4v) is 2.18. The van der Waals surface area contributed by atoms with Crippen molar-refractivity contribution in [3.8, 4) is 5.75 Å². The lowest BCUT2D eigenvalue weighted by Gasteiger charge is -2.15. The molecule has 0 radical (unpaired) electrons. The maximum atomic E-state index is 12.1. The smallest absolute Gasteiger partial charge is 0.224 e. The van der Waals surface area contributed by atoms with Gasteiger partial charge < -0.3 is 15.8 Å². The number of benzene rings is 2. The van der Waals surface area contributed by atoms with E-state index in [-0.39, 0.29) is 11.9 Å². The molecular formula is C17H20N2O2. The zero-order chi connectivity index (χ0) is 15.2. The number of methoxy groups -OCH3 is 1. The predicted octanol–water partition coefficient (Wildman–Crippen LogP) is 2.70. The molecule has 0 saturated heterocycles. The van der Waals surface area contributed by atoms with Crippen molar-refractivity contribution in [2.45, 2.75) is 19.4 Å². The van der Waals surface area contributed by atoms with Crippen LogP contribution in [0.25, 0.3) is 0 Å². The van der Waals surface area contributed by atoms with Gasteiger partial charge in [-0.1, -0.05) is 24.3 Å². The molecule has 0 bridgehead atoms. The molecule has 0 saturated carbocycles. The normalized spacial score (nSPS) is 11.7. The Balaban J connectivity index is 1.98. The quantitative estimate of drug-likeness (QED) is 0.830. The summed E-state index contributed by atoms with van der Waals surface area (Å²) in [6.07, 6.45) is 0.319. The van der Waals surface area contributed by atoms with E-state index in [1.54, 1.807) is 13.2 Å². The van der Waals surface area contributed by atoms with Crippen LogP contribution >= 0.6 is 0 Å². The van der Waals surface area contributed by atoms with Gasteiger partial charge in [0.05, 0.1) is 19.6 Å². The highest BCUT2D eigenvalue weighted by Gasteiger charge is 2.11. The second-order valence-electron chi connectivity index (χ2n) is 4.99. The minimum atomic E-state index is -0.0753. The van der Waals surface area contributed by atoms with Crippen LogP contribution in [-0.2, 0) is 11.2 Å². The van der Waals surface area contributed by atoms with Crippen LogP contribution < -0.4 is 15.8 Å². The molecule has 0 fully saturated rings. The lowest BCUT2D eigenvalue weighted by atomic mass is 10.1. The van der Waals surface area contributed by atoms with E-state index < -0.39 is 0 Å². The van der Waals surface area contributed by atoms with Crippen molar-refractivity contribution in [3.05, 3.63) is 59.7 Å². The fourth-order valence-electron chi connectivity index (χ4n) is 2.18. The average molecular weight is 284 g/mol. The second-order valence-corrected chi connectivity index (χ2v) is 4.99. The van der Waals surface area contributed by atoms with E-state index in [9.17, 15) is 4.79 Å². The Morgan fingerprint density at radius 3 is 2.71 bits per heavy atom. The number of nitrogens with one attached hydrogen (secondary N) is 1. The van der Waals surface area contributed by atoms with E-state index in [4.69, 9.17) is 10.5 Å². The molecule has 110 valence electrons. The molecule has 0 aliphatic rings. The molecule has 0 aromatic heterocycles. The third kappa shape index (κ3) is 4.24. The summed E-state index contributed by atoms with van der Waals surface area (Å²) in [6.45, 7) is 1.95. The Hall–Kier alpha value is -2.49. The minimum absolute atomic E-state index is 0.0316. The first-order chi connectivity index (χ1) is 10.1. The van der Waals surface area contributed by atoms with Gasteiger partial charge in [-0.2, -0.15) is 0 Å². The van der Waals surface area contributed by atoms with Crippen LogP contribution in [0.1, 0.15) is 24.1 Å². The third-order valence-corrected chi connectivity index (χ3v) is 3.29. The van der Waals surface area contributed by atoms with Gasteiger partial charge in [-0.25, -0.2) is 0 Å². The lowest BCUT2D eigenvalue weighted by molar-refractivity contribution is -0.121. The van der Waals surface area contributed by atoms with Gasteiger partial charge in [0.2, 0.25) is 5.91 Å². The van der Waals surface area contributed by atoms with Gasteiger partial charge in [0, 0.05) is 5.69 Å². The van der Waals surface area contributed by atoms with Crippen molar-refractivity contribution >= 4 is 11.6 Å². The SMILES string of the molecule is COc1cccc(C(C)NC(=O)Cc2cccc(N)c2)c1. The van der Waals surface area contributed by atoms with E-state index in [2.05, 4.69) is 5.32 Å². The summed E-state index contributed by atoms with van der Waals surface area (Å²) >= 11 is 0. The van der Waals surface area contributed by atoms with Crippen LogP contribution in [0, 0.1) is 0 Å². The molecular weight excluding hydrogens is 264 g/mol. The molecule has 0 heterocycles. The molecule has 1 amide bonds. The van der Waals surface area contributed by atoms with Crippen LogP contribution in [0.2, 0.25) is 0 Å². The number of rotatable bonds is 5. The van der Waals surface area contributed by atoms with E-state index in [0.29, 0.717) is 12.1 Å². The van der Waals surface area contributed by atoms with Crippen molar-refractivity contribution in [1.29, 1.82) is 0 Å². The van der Waals surface area contributed by atoms with Crippen LogP contribution in [0.15, 0.2) is 48.5 Å². The summed E-state index contributed by atoms with van der Waals surface area (Å²) in [5, 5.41) is 2.98. The summed E-state index contributed by atoms with van der Waals surface area (Å²) in [6, 6.07) is 15.0. The van der Waals surface area contributed by atoms with Gasteiger partial charge in [-0.3, -0.25) is 4.79 Å². The summed E-state index contributed by atoms with van der Waals surface area (Å²) < 4.78 is 5.19. The highest BCUT2D eigenvalue weighted by atomic mass is 16.5. The monoisotopic (exact) mass is 284 g/mol. The zero-order valence-corrected chi connectivity index (χ0v) is 12.3. The zero-order valence-electron chi connectivity index (χ0n) is 12.3. The molecule has 21 heavy (non-hydrogen) atoms. The van der Waals surface area contributed by atoms with Crippen LogP contribution in [0.4, 0.5) is 5.69 Å². The fraction of sp³-hybridized carbons (Fsp3) is 0.235. The summed E-state index contributed by atoms with van der Waals surface area (Å²) in [7, 11) is 1.63. The van der Waals surface area contributed by atoms with Gasteiger partial charge >= 0.3 is 0 Å². The van der Waals surface area contributed by atoms with Gasteiger partial charge in [0.15, 0.2) is 0 Å². The molecule has 0 spiro atoms. The number of carbonyl (C=O) groups excluding carboxylic acids is 1. The summed E-state index contributed by atoms with van der Waals surface area (Å²) in [4.78, 5) is 12.1. The van der Waals surface area contributed by atoms with Crippen LogP contribution in [-0.4, -0.2) is 13.0 Å². The molecule has 1 unspecified atom stereocenters. The molecule has 0 aliphatic heterocycles. The topological polar surface area (TPSA) is 64.3 Å². The second kappa shape index (κ2) is 6.79. The Kier molecular flexibility index (Phi) is 4.82. The van der Waals surface area contributed by atoms with Crippen molar-refractivity contribution in [2.75, 3.05) is 12.8 Å². The number of hydrogen-bond donors (Lipinski definition) is 2. The Bertz CT molecular complexity index is 626. The largest absolute Gasteiger partial charge is 0.497 e. The summed E-state index contributed by atoms with van der Waals surface area (Å²) in [5.41, 5.74) is 8.30. The average Bonchev–Trinajstić information content (AvgIpc) is 2.47. The third-order valence-electron chi connectivity index (χ3n) is 3.29. The first-order valence-corrected chi connectivity index (χ1v) is 6.86. The standard InChI is InChI=1S/C17H20N2O2/c1-12(14-6-4-8-16(11-14)21-2)19-17(20)10-13-5-3-7-15(18)9-13/h3-9,11-12H,10,18H2,1-2H3,(H,19,20). The number of amides is 1. The van der Waals surface area contributed by atoms with E-state index in [1.165, 1.54) is 0 Å². The molecule has 0 aliphatic carbocycles. The Labute approximate surface area is 124 Å². The van der Waals surface area contributed by atoms with Gasteiger partial charge in [-0.15, -0.1) is 0 Å². The van der Waals surface area contributed by atoms with Crippen molar-refractivity contribution in [1.82, 2.24) is 5.32 Å². The number of ether oxygens (including phenoxy) is 1. The number of anilines is 1. The lowest BCUT2D eigenvalue weighted by Crippen LogP contribution is -2.28.